The van der Waals surface area contributed by atoms with Gasteiger partial charge >= 0.3 is 5.69 Å². The molecule has 2 heterocycles. The number of H-pyrrole nitrogens is 1. The number of aryl methyl sites for hydroxylation is 1. The monoisotopic (exact) mass is 340 g/mol. The Bertz CT molecular complexity index is 897. The molecule has 1 aromatic carbocycles. The lowest BCUT2D eigenvalue weighted by molar-refractivity contribution is -0.385. The van der Waals surface area contributed by atoms with Gasteiger partial charge in [-0.25, -0.2) is 0 Å². The van der Waals surface area contributed by atoms with Crippen molar-refractivity contribution in [3.05, 3.63) is 64.1 Å². The maximum atomic E-state index is 12.1. The van der Waals surface area contributed by atoms with Gasteiger partial charge in [0.2, 0.25) is 0 Å². The van der Waals surface area contributed by atoms with Crippen molar-refractivity contribution in [3.8, 4) is 11.3 Å². The van der Waals surface area contributed by atoms with Crippen LogP contribution in [0.25, 0.3) is 11.3 Å². The van der Waals surface area contributed by atoms with E-state index in [1.165, 1.54) is 17.1 Å². The van der Waals surface area contributed by atoms with Crippen molar-refractivity contribution in [1.82, 2.24) is 25.3 Å². The van der Waals surface area contributed by atoms with Crippen LogP contribution in [-0.2, 0) is 6.54 Å². The van der Waals surface area contributed by atoms with Crippen LogP contribution >= 0.6 is 0 Å². The summed E-state index contributed by atoms with van der Waals surface area (Å²) in [5, 5.41) is 24.0. The van der Waals surface area contributed by atoms with Crippen molar-refractivity contribution in [2.24, 2.45) is 0 Å². The predicted molar refractivity (Wildman–Crippen MR) is 90.0 cm³/mol. The Morgan fingerprint density at radius 3 is 2.80 bits per heavy atom. The summed E-state index contributed by atoms with van der Waals surface area (Å²) in [5.74, 6) is -0.299. The van der Waals surface area contributed by atoms with Crippen LogP contribution in [0.1, 0.15) is 16.1 Å². The largest absolute Gasteiger partial charge is 0.349 e. The van der Waals surface area contributed by atoms with Gasteiger partial charge in [0.25, 0.3) is 5.91 Å². The van der Waals surface area contributed by atoms with Crippen molar-refractivity contribution in [3.63, 3.8) is 0 Å². The second kappa shape index (κ2) is 6.95. The Morgan fingerprint density at radius 1 is 1.36 bits per heavy atom. The molecule has 3 rings (SSSR count). The number of hydrogen-bond acceptors (Lipinski definition) is 5. The molecule has 0 spiro atoms. The van der Waals surface area contributed by atoms with Gasteiger partial charge in [0.1, 0.15) is 18.1 Å². The summed E-state index contributed by atoms with van der Waals surface area (Å²) < 4.78 is 1.41. The number of carbonyl (C=O) groups is 1. The molecule has 0 aliphatic rings. The quantitative estimate of drug-likeness (QED) is 0.525. The average molecular weight is 340 g/mol. The van der Waals surface area contributed by atoms with Gasteiger partial charge in [-0.15, -0.1) is 0 Å². The van der Waals surface area contributed by atoms with E-state index in [0.29, 0.717) is 17.9 Å². The fourth-order valence-electron chi connectivity index (χ4n) is 2.26. The van der Waals surface area contributed by atoms with Crippen molar-refractivity contribution >= 4 is 11.6 Å². The Labute approximate surface area is 142 Å². The Hall–Kier alpha value is -3.49. The van der Waals surface area contributed by atoms with Gasteiger partial charge in [-0.2, -0.15) is 10.2 Å². The van der Waals surface area contributed by atoms with Crippen LogP contribution in [0.15, 0.2) is 42.7 Å². The molecule has 0 radical (unpaired) electrons. The van der Waals surface area contributed by atoms with E-state index < -0.39 is 4.92 Å². The maximum absolute atomic E-state index is 12.1. The Balaban J connectivity index is 1.56. The molecule has 3 aromatic rings. The van der Waals surface area contributed by atoms with E-state index in [1.54, 1.807) is 6.07 Å². The first-order chi connectivity index (χ1) is 12.0. The minimum absolute atomic E-state index is 0.0809. The molecule has 0 fully saturated rings. The average Bonchev–Trinajstić information content (AvgIpc) is 3.25. The second-order valence-corrected chi connectivity index (χ2v) is 5.51. The van der Waals surface area contributed by atoms with Gasteiger partial charge in [-0.05, 0) is 13.0 Å². The first-order valence-corrected chi connectivity index (χ1v) is 7.60. The fourth-order valence-corrected chi connectivity index (χ4v) is 2.26. The molecule has 0 aliphatic carbocycles. The zero-order chi connectivity index (χ0) is 17.8. The number of hydrogen-bond donors (Lipinski definition) is 2. The third-order valence-corrected chi connectivity index (χ3v) is 3.63. The highest BCUT2D eigenvalue weighted by Crippen LogP contribution is 2.18. The number of rotatable bonds is 6. The summed E-state index contributed by atoms with van der Waals surface area (Å²) in [6, 6.07) is 9.52. The first kappa shape index (κ1) is 16.4. The van der Waals surface area contributed by atoms with Crippen LogP contribution < -0.4 is 5.32 Å². The molecule has 2 aromatic heterocycles. The normalized spacial score (nSPS) is 10.6. The number of benzene rings is 1. The van der Waals surface area contributed by atoms with E-state index in [1.807, 2.05) is 31.2 Å². The third-order valence-electron chi connectivity index (χ3n) is 3.63. The van der Waals surface area contributed by atoms with Gasteiger partial charge in [0.15, 0.2) is 0 Å². The smallest absolute Gasteiger partial charge is 0.306 e. The molecular weight excluding hydrogens is 324 g/mol. The van der Waals surface area contributed by atoms with E-state index in [4.69, 9.17) is 0 Å². The number of aromatic nitrogens is 4. The van der Waals surface area contributed by atoms with Crippen molar-refractivity contribution in [1.29, 1.82) is 0 Å². The van der Waals surface area contributed by atoms with E-state index in [-0.39, 0.29) is 18.1 Å². The van der Waals surface area contributed by atoms with E-state index in [0.717, 1.165) is 11.1 Å². The van der Waals surface area contributed by atoms with Crippen LogP contribution in [0.4, 0.5) is 5.69 Å². The maximum Gasteiger partial charge on any atom is 0.306 e. The molecule has 0 saturated heterocycles. The number of nitro groups is 1. The van der Waals surface area contributed by atoms with Gasteiger partial charge in [0.05, 0.1) is 17.2 Å². The molecule has 0 unspecified atom stereocenters. The zero-order valence-electron chi connectivity index (χ0n) is 13.5. The molecule has 1 amide bonds. The molecule has 9 heteroatoms. The molecule has 2 N–H and O–H groups in total. The highest BCUT2D eigenvalue weighted by Gasteiger charge is 2.12. The summed E-state index contributed by atoms with van der Waals surface area (Å²) in [6.45, 7) is 2.62. The minimum atomic E-state index is -0.515. The summed E-state index contributed by atoms with van der Waals surface area (Å²) >= 11 is 0. The number of carbonyl (C=O) groups excluding carboxylic acids is 1. The topological polar surface area (TPSA) is 119 Å². The molecule has 9 nitrogen and oxygen atoms in total. The molecule has 0 bridgehead atoms. The molecular formula is C16H16N6O3. The number of amides is 1. The molecule has 0 aliphatic heterocycles. The number of nitrogens with one attached hydrogen (secondary N) is 2. The highest BCUT2D eigenvalue weighted by molar-refractivity contribution is 5.93. The van der Waals surface area contributed by atoms with Crippen LogP contribution in [0.2, 0.25) is 0 Å². The first-order valence-electron chi connectivity index (χ1n) is 7.60. The van der Waals surface area contributed by atoms with E-state index in [9.17, 15) is 14.9 Å². The summed E-state index contributed by atoms with van der Waals surface area (Å²) in [7, 11) is 0. The third kappa shape index (κ3) is 3.89. The molecule has 0 saturated carbocycles. The SMILES string of the molecule is Cc1ccc(-c2cc(C(=O)NCCn3cc([N+](=O)[O-])cn3)[nH]n2)cc1. The Kier molecular flexibility index (Phi) is 4.55. The molecule has 0 atom stereocenters. The van der Waals surface area contributed by atoms with Crippen LogP contribution in [-0.4, -0.2) is 37.4 Å². The lowest BCUT2D eigenvalue weighted by atomic mass is 10.1. The highest BCUT2D eigenvalue weighted by atomic mass is 16.6. The number of aromatic amines is 1. The van der Waals surface area contributed by atoms with Crippen molar-refractivity contribution in [2.45, 2.75) is 13.5 Å². The predicted octanol–water partition coefficient (Wildman–Crippen LogP) is 1.92. The molecule has 25 heavy (non-hydrogen) atoms. The molecule has 128 valence electrons. The summed E-state index contributed by atoms with van der Waals surface area (Å²) in [6.07, 6.45) is 2.49. The minimum Gasteiger partial charge on any atom is -0.349 e. The number of nitrogens with zero attached hydrogens (tertiary/aromatic N) is 4. The van der Waals surface area contributed by atoms with E-state index in [2.05, 4.69) is 20.6 Å². The van der Waals surface area contributed by atoms with Crippen LogP contribution in [0.3, 0.4) is 0 Å². The zero-order valence-corrected chi connectivity index (χ0v) is 13.5. The van der Waals surface area contributed by atoms with Crippen molar-refractivity contribution < 1.29 is 9.72 Å². The van der Waals surface area contributed by atoms with Gasteiger partial charge in [-0.1, -0.05) is 29.8 Å². The van der Waals surface area contributed by atoms with Gasteiger partial charge in [0, 0.05) is 12.1 Å². The summed E-state index contributed by atoms with van der Waals surface area (Å²) in [4.78, 5) is 22.2. The lowest BCUT2D eigenvalue weighted by Crippen LogP contribution is -2.27. The summed E-state index contributed by atoms with van der Waals surface area (Å²) in [5.41, 5.74) is 3.03. The van der Waals surface area contributed by atoms with Crippen LogP contribution in [0, 0.1) is 17.0 Å². The van der Waals surface area contributed by atoms with Gasteiger partial charge in [-0.3, -0.25) is 24.7 Å². The van der Waals surface area contributed by atoms with Crippen LogP contribution in [0.5, 0.6) is 0 Å². The lowest BCUT2D eigenvalue weighted by Gasteiger charge is -2.03. The Morgan fingerprint density at radius 2 is 2.12 bits per heavy atom. The van der Waals surface area contributed by atoms with Crippen molar-refractivity contribution in [2.75, 3.05) is 6.54 Å². The second-order valence-electron chi connectivity index (χ2n) is 5.51. The van der Waals surface area contributed by atoms with Gasteiger partial charge < -0.3 is 5.32 Å². The fraction of sp³-hybridized carbons (Fsp3) is 0.188. The standard InChI is InChI=1S/C16H16N6O3/c1-11-2-4-12(5-3-11)14-8-15(20-19-14)16(23)17-6-7-21-10-13(9-18-21)22(24)25/h2-5,8-10H,6-7H2,1H3,(H,17,23)(H,19,20). The van der Waals surface area contributed by atoms with E-state index >= 15 is 0 Å².